The Morgan fingerprint density at radius 3 is 2.53 bits per heavy atom. The van der Waals surface area contributed by atoms with Gasteiger partial charge in [0.2, 0.25) is 0 Å². The summed E-state index contributed by atoms with van der Waals surface area (Å²) in [5.41, 5.74) is 0.570. The van der Waals surface area contributed by atoms with Crippen LogP contribution in [0.5, 0.6) is 0 Å². The van der Waals surface area contributed by atoms with Crippen molar-refractivity contribution in [1.82, 2.24) is 0 Å². The Morgan fingerprint density at radius 2 is 2.00 bits per heavy atom. The lowest BCUT2D eigenvalue weighted by atomic mass is 9.92. The van der Waals surface area contributed by atoms with Gasteiger partial charge in [-0.2, -0.15) is 0 Å². The zero-order valence-electron chi connectivity index (χ0n) is 11.8. The normalized spacial score (nSPS) is 14.4. The molecular formula is C15H22O4. The number of ketones is 2. The molecule has 0 saturated heterocycles. The number of furan rings is 1. The van der Waals surface area contributed by atoms with Crippen LogP contribution in [-0.2, 0) is 4.79 Å². The Kier molecular flexibility index (Phi) is 5.96. The Balaban J connectivity index is 2.34. The summed E-state index contributed by atoms with van der Waals surface area (Å²) in [5.74, 6) is -0.0836. The van der Waals surface area contributed by atoms with E-state index in [1.165, 1.54) is 12.5 Å². The van der Waals surface area contributed by atoms with E-state index >= 15 is 0 Å². The van der Waals surface area contributed by atoms with E-state index in [0.717, 1.165) is 0 Å². The number of hydrogen-bond acceptors (Lipinski definition) is 4. The molecule has 0 saturated carbocycles. The summed E-state index contributed by atoms with van der Waals surface area (Å²) in [6.45, 7) is 5.55. The molecule has 0 unspecified atom stereocenters. The highest BCUT2D eigenvalue weighted by molar-refractivity contribution is 5.95. The van der Waals surface area contributed by atoms with Crippen molar-refractivity contribution in [3.05, 3.63) is 24.2 Å². The number of rotatable bonds is 8. The first-order chi connectivity index (χ1) is 8.91. The van der Waals surface area contributed by atoms with Crippen LogP contribution in [0.1, 0.15) is 50.4 Å². The average Bonchev–Trinajstić information content (AvgIpc) is 2.88. The van der Waals surface area contributed by atoms with Crippen molar-refractivity contribution in [3.63, 3.8) is 0 Å². The van der Waals surface area contributed by atoms with Gasteiger partial charge in [-0.1, -0.05) is 20.8 Å². The molecule has 1 aromatic rings. The lowest BCUT2D eigenvalue weighted by Gasteiger charge is -2.16. The smallest absolute Gasteiger partial charge is 0.166 e. The predicted octanol–water partition coefficient (Wildman–Crippen LogP) is 2.85. The van der Waals surface area contributed by atoms with Crippen molar-refractivity contribution in [2.75, 3.05) is 0 Å². The number of aliphatic hydroxyl groups is 1. The van der Waals surface area contributed by atoms with Gasteiger partial charge in [0.05, 0.1) is 11.8 Å². The molecule has 0 amide bonds. The third-order valence-electron chi connectivity index (χ3n) is 3.22. The maximum absolute atomic E-state index is 11.7. The Bertz CT molecular complexity index is 406. The van der Waals surface area contributed by atoms with Crippen LogP contribution < -0.4 is 0 Å². The van der Waals surface area contributed by atoms with Crippen LogP contribution in [0.25, 0.3) is 0 Å². The van der Waals surface area contributed by atoms with E-state index < -0.39 is 6.10 Å². The van der Waals surface area contributed by atoms with Gasteiger partial charge in [-0.25, -0.2) is 0 Å². The molecule has 0 spiro atoms. The number of carbonyl (C=O) groups excluding carboxylic acids is 2. The van der Waals surface area contributed by atoms with E-state index in [-0.39, 0.29) is 23.4 Å². The third kappa shape index (κ3) is 4.99. The minimum absolute atomic E-state index is 0.0254. The SMILES string of the molecule is CC(C)[C@@H](O)C(=O)C[C@H](C)CCC(=O)c1ccoc1. The number of aliphatic hydroxyl groups excluding tert-OH is 1. The molecule has 0 fully saturated rings. The lowest BCUT2D eigenvalue weighted by molar-refractivity contribution is -0.130. The van der Waals surface area contributed by atoms with Gasteiger partial charge in [-0.3, -0.25) is 9.59 Å². The van der Waals surface area contributed by atoms with Crippen LogP contribution in [0.15, 0.2) is 23.0 Å². The molecule has 1 N–H and O–H groups in total. The fraction of sp³-hybridized carbons (Fsp3) is 0.600. The Morgan fingerprint density at radius 1 is 1.32 bits per heavy atom. The highest BCUT2D eigenvalue weighted by atomic mass is 16.3. The summed E-state index contributed by atoms with van der Waals surface area (Å²) < 4.78 is 4.86. The Labute approximate surface area is 113 Å². The molecule has 0 aliphatic carbocycles. The molecule has 0 radical (unpaired) electrons. The van der Waals surface area contributed by atoms with Crippen molar-refractivity contribution in [2.24, 2.45) is 11.8 Å². The van der Waals surface area contributed by atoms with Crippen LogP contribution >= 0.6 is 0 Å². The van der Waals surface area contributed by atoms with Crippen molar-refractivity contribution >= 4 is 11.6 Å². The highest BCUT2D eigenvalue weighted by Crippen LogP contribution is 2.16. The minimum atomic E-state index is -0.896. The quantitative estimate of drug-likeness (QED) is 0.735. The second-order valence-corrected chi connectivity index (χ2v) is 5.44. The molecule has 4 nitrogen and oxygen atoms in total. The zero-order valence-corrected chi connectivity index (χ0v) is 11.8. The van der Waals surface area contributed by atoms with Crippen molar-refractivity contribution < 1.29 is 19.1 Å². The number of hydrogen-bond donors (Lipinski definition) is 1. The largest absolute Gasteiger partial charge is 0.472 e. The highest BCUT2D eigenvalue weighted by Gasteiger charge is 2.21. The molecule has 0 aromatic carbocycles. The van der Waals surface area contributed by atoms with Crippen LogP contribution in [0.3, 0.4) is 0 Å². The topological polar surface area (TPSA) is 67.5 Å². The van der Waals surface area contributed by atoms with E-state index in [1.807, 2.05) is 20.8 Å². The van der Waals surface area contributed by atoms with E-state index in [1.54, 1.807) is 6.07 Å². The molecular weight excluding hydrogens is 244 g/mol. The second kappa shape index (κ2) is 7.24. The first kappa shape index (κ1) is 15.6. The van der Waals surface area contributed by atoms with Crippen LogP contribution in [0, 0.1) is 11.8 Å². The van der Waals surface area contributed by atoms with E-state index in [9.17, 15) is 14.7 Å². The van der Waals surface area contributed by atoms with Gasteiger partial charge in [0.25, 0.3) is 0 Å². The average molecular weight is 266 g/mol. The lowest BCUT2D eigenvalue weighted by Crippen LogP contribution is -2.27. The van der Waals surface area contributed by atoms with Gasteiger partial charge in [0.15, 0.2) is 11.6 Å². The summed E-state index contributed by atoms with van der Waals surface area (Å²) >= 11 is 0. The van der Waals surface area contributed by atoms with Crippen LogP contribution in [0.2, 0.25) is 0 Å². The maximum Gasteiger partial charge on any atom is 0.166 e. The number of carbonyl (C=O) groups is 2. The maximum atomic E-state index is 11.7. The zero-order chi connectivity index (χ0) is 14.4. The molecule has 19 heavy (non-hydrogen) atoms. The third-order valence-corrected chi connectivity index (χ3v) is 3.22. The molecule has 1 rings (SSSR count). The monoisotopic (exact) mass is 266 g/mol. The van der Waals surface area contributed by atoms with E-state index in [0.29, 0.717) is 24.8 Å². The summed E-state index contributed by atoms with van der Waals surface area (Å²) in [7, 11) is 0. The second-order valence-electron chi connectivity index (χ2n) is 5.44. The first-order valence-corrected chi connectivity index (χ1v) is 6.68. The van der Waals surface area contributed by atoms with Gasteiger partial charge in [0, 0.05) is 12.8 Å². The molecule has 4 heteroatoms. The fourth-order valence-corrected chi connectivity index (χ4v) is 1.88. The molecule has 0 bridgehead atoms. The first-order valence-electron chi connectivity index (χ1n) is 6.68. The summed E-state index contributed by atoms with van der Waals surface area (Å²) in [4.78, 5) is 23.5. The van der Waals surface area contributed by atoms with Crippen LogP contribution in [-0.4, -0.2) is 22.8 Å². The predicted molar refractivity (Wildman–Crippen MR) is 71.9 cm³/mol. The Hall–Kier alpha value is -1.42. The van der Waals surface area contributed by atoms with Crippen molar-refractivity contribution in [3.8, 4) is 0 Å². The van der Waals surface area contributed by atoms with Gasteiger partial charge in [-0.05, 0) is 24.3 Å². The van der Waals surface area contributed by atoms with Crippen LogP contribution in [0.4, 0.5) is 0 Å². The molecule has 0 aliphatic rings. The van der Waals surface area contributed by atoms with Gasteiger partial charge in [0.1, 0.15) is 12.4 Å². The molecule has 2 atom stereocenters. The minimum Gasteiger partial charge on any atom is -0.472 e. The molecule has 0 aliphatic heterocycles. The standard InChI is InChI=1S/C15H22O4/c1-10(2)15(18)14(17)8-11(3)4-5-13(16)12-6-7-19-9-12/h6-7,9-11,15,18H,4-5,8H2,1-3H3/t11-,15-/m1/s1. The molecule has 1 aromatic heterocycles. The van der Waals surface area contributed by atoms with E-state index in [2.05, 4.69) is 0 Å². The molecule has 106 valence electrons. The van der Waals surface area contributed by atoms with Gasteiger partial charge >= 0.3 is 0 Å². The van der Waals surface area contributed by atoms with E-state index in [4.69, 9.17) is 4.42 Å². The van der Waals surface area contributed by atoms with Crippen molar-refractivity contribution in [2.45, 2.75) is 46.1 Å². The van der Waals surface area contributed by atoms with Gasteiger partial charge in [-0.15, -0.1) is 0 Å². The fourth-order valence-electron chi connectivity index (χ4n) is 1.88. The molecule has 1 heterocycles. The summed E-state index contributed by atoms with van der Waals surface area (Å²) in [6, 6.07) is 1.64. The van der Waals surface area contributed by atoms with Crippen molar-refractivity contribution in [1.29, 1.82) is 0 Å². The summed E-state index contributed by atoms with van der Waals surface area (Å²) in [6.07, 6.45) is 3.36. The summed E-state index contributed by atoms with van der Waals surface area (Å²) in [5, 5.41) is 9.64. The number of Topliss-reactive ketones (excluding diaryl/α,β-unsaturated/α-hetero) is 2. The van der Waals surface area contributed by atoms with Gasteiger partial charge < -0.3 is 9.52 Å².